The summed E-state index contributed by atoms with van der Waals surface area (Å²) in [6, 6.07) is 54.0. The number of nitrogens with zero attached hydrogens (tertiary/aromatic N) is 10. The number of nitriles is 1. The van der Waals surface area contributed by atoms with E-state index in [-0.39, 0.29) is 41.4 Å². The molecule has 0 atom stereocenters. The fourth-order valence-electron chi connectivity index (χ4n) is 10.4. The van der Waals surface area contributed by atoms with Gasteiger partial charge in [-0.2, -0.15) is 15.5 Å². The van der Waals surface area contributed by atoms with E-state index < -0.39 is 0 Å². The Balaban J connectivity index is 0.000000150. The minimum Gasteiger partial charge on any atom is -0.422 e. The molecule has 5 aromatic carbocycles. The van der Waals surface area contributed by atoms with Crippen molar-refractivity contribution in [1.29, 1.82) is 5.26 Å². The van der Waals surface area contributed by atoms with Crippen molar-refractivity contribution >= 4 is 131 Å². The van der Waals surface area contributed by atoms with Crippen LogP contribution >= 0.6 is 79.6 Å². The number of halogens is 5. The molecule has 0 bridgehead atoms. The van der Waals surface area contributed by atoms with Crippen molar-refractivity contribution in [1.82, 2.24) is 55.6 Å². The van der Waals surface area contributed by atoms with Gasteiger partial charge >= 0.3 is 12.7 Å². The Labute approximate surface area is 678 Å². The third-order valence-corrected chi connectivity index (χ3v) is 19.7. The van der Waals surface area contributed by atoms with Crippen LogP contribution in [0.15, 0.2) is 287 Å². The standard InChI is InChI=1S/C19H15N3O.C14H9BrN2O.C14H7BrN2.C14H8BrNO2.C10H17BN2O2.C8H5Br.C7H4BrN.H3N/c1-22-12-17(10-21-22)14-4-2-13(3-5-14)16-8-15-6-7-20-11-18(15)19(23)9-16;15-11-3-1-9(2-4-11)13-7-10-5-6-16-8-12(10)14(18)17-13;15-14-5-2-11(3-6-14)1-4-12-7-8-17-10-13(12)9-16;15-11-3-1-9(2-4-11)13-7-10-5-6-16-8-12(10)14(17)18-13;1-9(2)10(3,4)15-11(14-9)8-6-12-13(5)7-8;1-2-7-3-5-8(9)6-4-7;1-2-6-5-9-4-3-7(6)8;/h2-8,10-12H,9H2,1H3;1-8H,(H,17,18);2-3,5-8,10H;1-8H;6-7H,1-5H3;1,3-6H;1,3-5H;1H3. The zero-order chi connectivity index (χ0) is 77.6. The van der Waals surface area contributed by atoms with Crippen molar-refractivity contribution in [3.63, 3.8) is 0 Å². The highest BCUT2D eigenvalue weighted by molar-refractivity contribution is 9.11. The van der Waals surface area contributed by atoms with Crippen molar-refractivity contribution in [2.24, 2.45) is 14.1 Å². The number of ketones is 1. The van der Waals surface area contributed by atoms with E-state index in [2.05, 4.69) is 180 Å². The van der Waals surface area contributed by atoms with Crippen LogP contribution in [-0.2, 0) is 23.4 Å². The van der Waals surface area contributed by atoms with Gasteiger partial charge in [-0.3, -0.25) is 43.9 Å². The first kappa shape index (κ1) is 82.7. The zero-order valence-corrected chi connectivity index (χ0v) is 68.1. The summed E-state index contributed by atoms with van der Waals surface area (Å²) in [6.45, 7) is 8.18. The number of hydrogen-bond donors (Lipinski definition) is 2. The van der Waals surface area contributed by atoms with Crippen LogP contribution in [0.4, 0.5) is 0 Å². The molecule has 0 saturated carbocycles. The van der Waals surface area contributed by atoms with Crippen LogP contribution in [0, 0.1) is 47.9 Å². The summed E-state index contributed by atoms with van der Waals surface area (Å²) in [5.41, 5.74) is 12.4. The second kappa shape index (κ2) is 39.1. The van der Waals surface area contributed by atoms with E-state index in [0.717, 1.165) is 99.9 Å². The third kappa shape index (κ3) is 22.6. The van der Waals surface area contributed by atoms with Crippen LogP contribution in [0.1, 0.15) is 83.4 Å². The lowest BCUT2D eigenvalue weighted by Crippen LogP contribution is -2.41. The first-order valence-electron chi connectivity index (χ1n) is 33.3. The summed E-state index contributed by atoms with van der Waals surface area (Å²) < 4.78 is 25.6. The lowest BCUT2D eigenvalue weighted by atomic mass is 9.82. The largest absolute Gasteiger partial charge is 0.498 e. The molecule has 0 unspecified atom stereocenters. The average Bonchev–Trinajstić information content (AvgIpc) is 0.896. The van der Waals surface area contributed by atoms with Crippen molar-refractivity contribution in [3.05, 3.63) is 338 Å². The average molecular weight is 1780 g/mol. The summed E-state index contributed by atoms with van der Waals surface area (Å²) >= 11 is 16.7. The van der Waals surface area contributed by atoms with Crippen molar-refractivity contribution in [2.45, 2.75) is 45.3 Å². The molecule has 1 aliphatic carbocycles. The normalized spacial score (nSPS) is 12.3. The number of aryl methyl sites for hydroxylation is 2. The van der Waals surface area contributed by atoms with Gasteiger partial charge in [-0.25, -0.2) is 4.79 Å². The molecule has 1 aliphatic heterocycles. The van der Waals surface area contributed by atoms with Gasteiger partial charge in [0.1, 0.15) is 11.8 Å². The van der Waals surface area contributed by atoms with Crippen molar-refractivity contribution in [2.75, 3.05) is 0 Å². The maximum Gasteiger partial charge on any atom is 0.498 e. The minimum absolute atomic E-state index is 0. The number of carbonyl (C=O) groups is 1. The predicted molar refractivity (Wildman–Crippen MR) is 454 cm³/mol. The van der Waals surface area contributed by atoms with Gasteiger partial charge in [0.2, 0.25) is 0 Å². The Morgan fingerprint density at radius 2 is 1.02 bits per heavy atom. The number of fused-ring (bicyclic) bond motifs is 3. The first-order valence-corrected chi connectivity index (χ1v) is 37.3. The summed E-state index contributed by atoms with van der Waals surface area (Å²) in [4.78, 5) is 58.6. The highest BCUT2D eigenvalue weighted by atomic mass is 79.9. The number of pyridine rings is 6. The second-order valence-electron chi connectivity index (χ2n) is 25.0. The van der Waals surface area contributed by atoms with Gasteiger partial charge in [0.25, 0.3) is 5.56 Å². The molecule has 0 spiro atoms. The van der Waals surface area contributed by atoms with E-state index in [1.54, 1.807) is 77.3 Å². The van der Waals surface area contributed by atoms with Gasteiger partial charge in [-0.15, -0.1) is 12.8 Å². The Kier molecular flexibility index (Phi) is 29.4. The van der Waals surface area contributed by atoms with E-state index in [9.17, 15) is 14.4 Å². The molecule has 0 amide bonds. The Hall–Kier alpha value is -11.4. The fourth-order valence-corrected chi connectivity index (χ4v) is 11.8. The van der Waals surface area contributed by atoms with Gasteiger partial charge in [0, 0.05) is 168 Å². The molecule has 24 heteroatoms. The molecule has 0 radical (unpaired) electrons. The summed E-state index contributed by atoms with van der Waals surface area (Å²) in [5, 5.41) is 20.0. The van der Waals surface area contributed by atoms with Gasteiger partial charge in [0.15, 0.2) is 5.78 Å². The molecular formula is C86H68BBr5N12O6. The third-order valence-electron chi connectivity index (χ3n) is 16.9. The molecule has 546 valence electrons. The van der Waals surface area contributed by atoms with Crippen LogP contribution in [0.5, 0.6) is 0 Å². The molecule has 1 fully saturated rings. The molecule has 2 aliphatic rings. The number of hydrogen-bond acceptors (Lipinski definition) is 15. The molecule has 14 aromatic rings. The van der Waals surface area contributed by atoms with Gasteiger partial charge in [-0.05, 0) is 204 Å². The number of Topliss-reactive ketones (excluding diaryl/α,β-unsaturated/α-hetero) is 1. The predicted octanol–water partition coefficient (Wildman–Crippen LogP) is 18.8. The maximum absolute atomic E-state index is 12.3. The van der Waals surface area contributed by atoms with Crippen LogP contribution in [0.2, 0.25) is 0 Å². The first-order chi connectivity index (χ1) is 52.5. The second-order valence-corrected chi connectivity index (χ2v) is 29.6. The Morgan fingerprint density at radius 1 is 0.509 bits per heavy atom. The van der Waals surface area contributed by atoms with Crippen LogP contribution in [0.3, 0.4) is 0 Å². The van der Waals surface area contributed by atoms with Crippen LogP contribution in [-0.4, -0.2) is 73.6 Å². The zero-order valence-electron chi connectivity index (χ0n) is 60.2. The van der Waals surface area contributed by atoms with E-state index in [0.29, 0.717) is 39.6 Å². The summed E-state index contributed by atoms with van der Waals surface area (Å²) in [6.07, 6.45) is 36.6. The summed E-state index contributed by atoms with van der Waals surface area (Å²) in [5.74, 6) is 11.7. The van der Waals surface area contributed by atoms with Crippen molar-refractivity contribution in [3.8, 4) is 76.3 Å². The van der Waals surface area contributed by atoms with E-state index in [4.69, 9.17) is 31.8 Å². The van der Waals surface area contributed by atoms with Gasteiger partial charge in [-0.1, -0.05) is 136 Å². The molecule has 18 nitrogen and oxygen atoms in total. The minimum atomic E-state index is -0.362. The number of terminal acetylenes is 2. The number of H-pyrrole nitrogens is 1. The number of aromatic amines is 1. The summed E-state index contributed by atoms with van der Waals surface area (Å²) in [7, 11) is 3.49. The SMILES string of the molecule is C#Cc1ccc(Br)cc1.C#Cc1cnccc1Br.Cn1cc(-c2ccc(C3=Cc4ccncc4C(=O)C3)cc2)cn1.Cn1cc(B2OC(C)(C)C(C)(C)O2)cn1.N.N#Cc1cnccc1C#Cc1ccc(Br)cc1.O=c1[nH]c(-c2ccc(Br)cc2)cc2ccncc12.O=c1oc(-c2ccc(Br)cc2)cc2ccncc12. The highest BCUT2D eigenvalue weighted by Crippen LogP contribution is 2.37. The van der Waals surface area contributed by atoms with Crippen LogP contribution in [0.25, 0.3) is 66.9 Å². The topological polar surface area (TPSA) is 257 Å². The quantitative estimate of drug-likeness (QED) is 0.120. The lowest BCUT2D eigenvalue weighted by molar-refractivity contribution is 0.00578. The molecule has 1 saturated heterocycles. The number of nitrogens with one attached hydrogen (secondary N) is 1. The molecule has 9 aromatic heterocycles. The van der Waals surface area contributed by atoms with Gasteiger partial charge in [0.05, 0.1) is 39.3 Å². The Morgan fingerprint density at radius 3 is 1.58 bits per heavy atom. The Bertz CT molecular complexity index is 5750. The number of allylic oxidation sites excluding steroid dienone is 1. The van der Waals surface area contributed by atoms with E-state index >= 15 is 0 Å². The smallest absolute Gasteiger partial charge is 0.422 e. The van der Waals surface area contributed by atoms with Gasteiger partial charge < -0.3 is 24.9 Å². The monoisotopic (exact) mass is 1770 g/mol. The molecule has 4 N–H and O–H groups in total. The van der Waals surface area contributed by atoms with Crippen LogP contribution < -0.4 is 22.8 Å². The van der Waals surface area contributed by atoms with E-state index in [1.807, 2.05) is 188 Å². The fraction of sp³-hybridized carbons (Fsp3) is 0.105. The van der Waals surface area contributed by atoms with E-state index in [1.165, 1.54) is 12.4 Å². The maximum atomic E-state index is 12.3. The number of rotatable bonds is 5. The lowest BCUT2D eigenvalue weighted by Gasteiger charge is -2.32. The number of carbonyl (C=O) groups excluding carboxylic acids is 1. The molecule has 16 rings (SSSR count). The highest BCUT2D eigenvalue weighted by Gasteiger charge is 2.52. The molecule has 110 heavy (non-hydrogen) atoms. The number of aromatic nitrogens is 10. The number of benzene rings is 5. The van der Waals surface area contributed by atoms with Crippen molar-refractivity contribution < 1.29 is 18.5 Å². The molecular weight excluding hydrogens is 1710 g/mol. The molecule has 10 heterocycles.